The summed E-state index contributed by atoms with van der Waals surface area (Å²) in [5.74, 6) is 1.55. The maximum absolute atomic E-state index is 5.95. The van der Waals surface area contributed by atoms with E-state index in [0.29, 0.717) is 13.2 Å². The van der Waals surface area contributed by atoms with Crippen LogP contribution in [0.5, 0.6) is 11.5 Å². The third-order valence-corrected chi connectivity index (χ3v) is 3.49. The number of ether oxygens (including phenoxy) is 2. The molecule has 0 aliphatic heterocycles. The molecule has 1 atom stereocenters. The van der Waals surface area contributed by atoms with Crippen molar-refractivity contribution < 1.29 is 9.47 Å². The van der Waals surface area contributed by atoms with E-state index in [9.17, 15) is 0 Å². The summed E-state index contributed by atoms with van der Waals surface area (Å²) in [4.78, 5) is 2.30. The molecule has 0 amide bonds. The summed E-state index contributed by atoms with van der Waals surface area (Å²) >= 11 is 0. The van der Waals surface area contributed by atoms with E-state index in [-0.39, 0.29) is 6.04 Å². The number of unbranched alkanes of at least 4 members (excludes halogenated alkanes) is 1. The lowest BCUT2D eigenvalue weighted by atomic mass is 10.0. The Morgan fingerprint density at radius 1 is 1.25 bits per heavy atom. The number of benzene rings is 1. The fourth-order valence-corrected chi connectivity index (χ4v) is 2.30. The molecule has 0 spiro atoms. The standard InChI is InChI=1S/C16H28N2O2/c1-5-7-10-18(3)14(12-17)13-8-9-15(20-6-2)16(11-13)19-4/h8-9,11,14H,5-7,10,12,17H2,1-4H3. The molecule has 0 aliphatic rings. The van der Waals surface area contributed by atoms with Gasteiger partial charge in [0.15, 0.2) is 11.5 Å². The third kappa shape index (κ3) is 4.39. The van der Waals surface area contributed by atoms with Crippen LogP contribution in [0.4, 0.5) is 0 Å². The first-order chi connectivity index (χ1) is 9.67. The van der Waals surface area contributed by atoms with Gasteiger partial charge in [-0.05, 0) is 44.6 Å². The first-order valence-electron chi connectivity index (χ1n) is 7.38. The zero-order chi connectivity index (χ0) is 15.0. The topological polar surface area (TPSA) is 47.7 Å². The summed E-state index contributed by atoms with van der Waals surface area (Å²) in [5, 5.41) is 0. The highest BCUT2D eigenvalue weighted by Crippen LogP contribution is 2.31. The average Bonchev–Trinajstić information content (AvgIpc) is 2.47. The highest BCUT2D eigenvalue weighted by Gasteiger charge is 2.17. The first-order valence-corrected chi connectivity index (χ1v) is 7.38. The number of rotatable bonds is 9. The van der Waals surface area contributed by atoms with Crippen LogP contribution >= 0.6 is 0 Å². The van der Waals surface area contributed by atoms with Crippen LogP contribution in [0.15, 0.2) is 18.2 Å². The maximum Gasteiger partial charge on any atom is 0.161 e. The van der Waals surface area contributed by atoms with E-state index in [4.69, 9.17) is 15.2 Å². The average molecular weight is 280 g/mol. The molecule has 4 heteroatoms. The molecule has 0 aromatic heterocycles. The van der Waals surface area contributed by atoms with Crippen LogP contribution < -0.4 is 15.2 Å². The van der Waals surface area contributed by atoms with Crippen LogP contribution in [-0.2, 0) is 0 Å². The summed E-state index contributed by atoms with van der Waals surface area (Å²) in [6.45, 7) is 6.44. The highest BCUT2D eigenvalue weighted by molar-refractivity contribution is 5.44. The summed E-state index contributed by atoms with van der Waals surface area (Å²) < 4.78 is 11.0. The van der Waals surface area contributed by atoms with Gasteiger partial charge in [0, 0.05) is 12.6 Å². The Morgan fingerprint density at radius 3 is 2.55 bits per heavy atom. The lowest BCUT2D eigenvalue weighted by Crippen LogP contribution is -2.31. The van der Waals surface area contributed by atoms with Crippen LogP contribution in [-0.4, -0.2) is 38.8 Å². The van der Waals surface area contributed by atoms with Gasteiger partial charge in [-0.25, -0.2) is 0 Å². The van der Waals surface area contributed by atoms with E-state index in [2.05, 4.69) is 24.9 Å². The summed E-state index contributed by atoms with van der Waals surface area (Å²) in [5.41, 5.74) is 7.12. The maximum atomic E-state index is 5.95. The first kappa shape index (κ1) is 16.8. The fourth-order valence-electron chi connectivity index (χ4n) is 2.30. The molecule has 0 aliphatic carbocycles. The van der Waals surface area contributed by atoms with Crippen molar-refractivity contribution in [2.45, 2.75) is 32.7 Å². The Hall–Kier alpha value is -1.26. The van der Waals surface area contributed by atoms with Crippen molar-refractivity contribution in [2.24, 2.45) is 5.73 Å². The van der Waals surface area contributed by atoms with Gasteiger partial charge in [-0.1, -0.05) is 19.4 Å². The number of hydrogen-bond acceptors (Lipinski definition) is 4. The number of likely N-dealkylation sites (N-methyl/N-ethyl adjacent to an activating group) is 1. The Bertz CT molecular complexity index is 396. The Labute approximate surface area is 122 Å². The zero-order valence-electron chi connectivity index (χ0n) is 13.2. The molecule has 0 radical (unpaired) electrons. The van der Waals surface area contributed by atoms with E-state index in [1.807, 2.05) is 19.1 Å². The minimum Gasteiger partial charge on any atom is -0.493 e. The SMILES string of the molecule is CCCCN(C)C(CN)c1ccc(OCC)c(OC)c1. The van der Waals surface area contributed by atoms with Crippen molar-refractivity contribution in [2.75, 3.05) is 33.9 Å². The number of nitrogens with two attached hydrogens (primary N) is 1. The molecule has 114 valence electrons. The zero-order valence-corrected chi connectivity index (χ0v) is 13.2. The third-order valence-electron chi connectivity index (χ3n) is 3.49. The van der Waals surface area contributed by atoms with Crippen molar-refractivity contribution >= 4 is 0 Å². The van der Waals surface area contributed by atoms with Crippen molar-refractivity contribution in [3.8, 4) is 11.5 Å². The summed E-state index contributed by atoms with van der Waals surface area (Å²) in [6, 6.07) is 6.29. The van der Waals surface area contributed by atoms with Crippen LogP contribution in [0.1, 0.15) is 38.3 Å². The van der Waals surface area contributed by atoms with Crippen molar-refractivity contribution in [1.82, 2.24) is 4.90 Å². The number of hydrogen-bond donors (Lipinski definition) is 1. The molecule has 0 saturated carbocycles. The predicted molar refractivity (Wildman–Crippen MR) is 83.5 cm³/mol. The second-order valence-electron chi connectivity index (χ2n) is 4.93. The van der Waals surface area contributed by atoms with E-state index < -0.39 is 0 Å². The van der Waals surface area contributed by atoms with Crippen LogP contribution in [0.2, 0.25) is 0 Å². The Kier molecular flexibility index (Phi) is 7.41. The van der Waals surface area contributed by atoms with Crippen LogP contribution in [0.25, 0.3) is 0 Å². The van der Waals surface area contributed by atoms with Gasteiger partial charge in [0.05, 0.1) is 13.7 Å². The molecular weight excluding hydrogens is 252 g/mol. The molecular formula is C16H28N2O2. The Morgan fingerprint density at radius 2 is 2.00 bits per heavy atom. The van der Waals surface area contributed by atoms with E-state index in [1.54, 1.807) is 7.11 Å². The molecule has 0 heterocycles. The van der Waals surface area contributed by atoms with Crippen molar-refractivity contribution in [3.05, 3.63) is 23.8 Å². The van der Waals surface area contributed by atoms with Gasteiger partial charge in [0.2, 0.25) is 0 Å². The van der Waals surface area contributed by atoms with Gasteiger partial charge in [0.1, 0.15) is 0 Å². The lowest BCUT2D eigenvalue weighted by Gasteiger charge is -2.27. The molecule has 2 N–H and O–H groups in total. The van der Waals surface area contributed by atoms with Gasteiger partial charge >= 0.3 is 0 Å². The van der Waals surface area contributed by atoms with Gasteiger partial charge in [-0.2, -0.15) is 0 Å². The monoisotopic (exact) mass is 280 g/mol. The van der Waals surface area contributed by atoms with E-state index in [1.165, 1.54) is 18.4 Å². The minimum absolute atomic E-state index is 0.214. The molecule has 1 aromatic carbocycles. The van der Waals surface area contributed by atoms with Gasteiger partial charge in [0.25, 0.3) is 0 Å². The number of nitrogens with zero attached hydrogens (tertiary/aromatic N) is 1. The quantitative estimate of drug-likeness (QED) is 0.755. The second-order valence-corrected chi connectivity index (χ2v) is 4.93. The smallest absolute Gasteiger partial charge is 0.161 e. The van der Waals surface area contributed by atoms with Gasteiger partial charge in [-0.3, -0.25) is 4.90 Å². The predicted octanol–water partition coefficient (Wildman–Crippen LogP) is 2.83. The molecule has 1 aromatic rings. The molecule has 0 bridgehead atoms. The normalized spacial score (nSPS) is 12.5. The number of methoxy groups -OCH3 is 1. The van der Waals surface area contributed by atoms with E-state index >= 15 is 0 Å². The van der Waals surface area contributed by atoms with Crippen molar-refractivity contribution in [1.29, 1.82) is 0 Å². The fraction of sp³-hybridized carbons (Fsp3) is 0.625. The molecule has 0 saturated heterocycles. The van der Waals surface area contributed by atoms with Gasteiger partial charge < -0.3 is 15.2 Å². The molecule has 20 heavy (non-hydrogen) atoms. The highest BCUT2D eigenvalue weighted by atomic mass is 16.5. The largest absolute Gasteiger partial charge is 0.493 e. The minimum atomic E-state index is 0.214. The second kappa shape index (κ2) is 8.82. The van der Waals surface area contributed by atoms with Crippen LogP contribution in [0.3, 0.4) is 0 Å². The van der Waals surface area contributed by atoms with Gasteiger partial charge in [-0.15, -0.1) is 0 Å². The Balaban J connectivity index is 2.92. The molecule has 1 rings (SSSR count). The van der Waals surface area contributed by atoms with Crippen LogP contribution in [0, 0.1) is 0 Å². The molecule has 4 nitrogen and oxygen atoms in total. The summed E-state index contributed by atoms with van der Waals surface area (Å²) in [6.07, 6.45) is 2.37. The van der Waals surface area contributed by atoms with Crippen molar-refractivity contribution in [3.63, 3.8) is 0 Å². The summed E-state index contributed by atoms with van der Waals surface area (Å²) in [7, 11) is 3.79. The van der Waals surface area contributed by atoms with E-state index in [0.717, 1.165) is 18.0 Å². The molecule has 1 unspecified atom stereocenters. The lowest BCUT2D eigenvalue weighted by molar-refractivity contribution is 0.245. The molecule has 0 fully saturated rings.